The van der Waals surface area contributed by atoms with Crippen LogP contribution in [0.25, 0.3) is 0 Å². The van der Waals surface area contributed by atoms with Crippen LogP contribution in [0.2, 0.25) is 0 Å². The number of rotatable bonds is 7. The van der Waals surface area contributed by atoms with Crippen molar-refractivity contribution < 1.29 is 8.42 Å². The van der Waals surface area contributed by atoms with Gasteiger partial charge in [-0.3, -0.25) is 0 Å². The standard InChI is InChI=1S/C14H20N4O2S/c1-12-3-4-13(10-15-2)9-14(12)21(19,20)17-6-8-18-7-5-16-11-18/h3-5,7,9,11,15,17H,6,8,10H2,1-2H3. The third-order valence-corrected chi connectivity index (χ3v) is 4.75. The van der Waals surface area contributed by atoms with Crippen LogP contribution >= 0.6 is 0 Å². The average molecular weight is 308 g/mol. The van der Waals surface area contributed by atoms with Crippen molar-refractivity contribution in [1.29, 1.82) is 0 Å². The van der Waals surface area contributed by atoms with Gasteiger partial charge in [0.05, 0.1) is 11.2 Å². The SMILES string of the molecule is CNCc1ccc(C)c(S(=O)(=O)NCCn2ccnc2)c1. The normalized spacial score (nSPS) is 11.7. The number of aryl methyl sites for hydroxylation is 1. The first-order valence-corrected chi connectivity index (χ1v) is 8.21. The second-order valence-electron chi connectivity index (χ2n) is 4.83. The number of nitrogens with zero attached hydrogens (tertiary/aromatic N) is 2. The van der Waals surface area contributed by atoms with Gasteiger partial charge in [0.25, 0.3) is 0 Å². The lowest BCUT2D eigenvalue weighted by Crippen LogP contribution is -2.28. The molecule has 0 bridgehead atoms. The predicted molar refractivity (Wildman–Crippen MR) is 81.4 cm³/mol. The lowest BCUT2D eigenvalue weighted by molar-refractivity contribution is 0.572. The minimum absolute atomic E-state index is 0.328. The summed E-state index contributed by atoms with van der Waals surface area (Å²) in [4.78, 5) is 4.25. The highest BCUT2D eigenvalue weighted by molar-refractivity contribution is 7.89. The predicted octanol–water partition coefficient (Wildman–Crippen LogP) is 0.889. The zero-order chi connectivity index (χ0) is 15.3. The summed E-state index contributed by atoms with van der Waals surface area (Å²) in [6.45, 7) is 3.31. The van der Waals surface area contributed by atoms with Gasteiger partial charge in [-0.15, -0.1) is 0 Å². The van der Waals surface area contributed by atoms with Gasteiger partial charge in [0.1, 0.15) is 0 Å². The Morgan fingerprint density at radius 3 is 2.81 bits per heavy atom. The van der Waals surface area contributed by atoms with E-state index in [0.29, 0.717) is 24.5 Å². The Labute approximate surface area is 125 Å². The number of benzene rings is 1. The molecule has 0 atom stereocenters. The van der Waals surface area contributed by atoms with E-state index in [1.54, 1.807) is 31.7 Å². The first kappa shape index (κ1) is 15.7. The van der Waals surface area contributed by atoms with Crippen molar-refractivity contribution in [3.63, 3.8) is 0 Å². The minimum atomic E-state index is -3.50. The smallest absolute Gasteiger partial charge is 0.240 e. The molecule has 21 heavy (non-hydrogen) atoms. The van der Waals surface area contributed by atoms with Crippen molar-refractivity contribution in [2.75, 3.05) is 13.6 Å². The van der Waals surface area contributed by atoms with Crippen molar-refractivity contribution in [2.24, 2.45) is 0 Å². The van der Waals surface area contributed by atoms with E-state index in [9.17, 15) is 8.42 Å². The molecule has 0 aliphatic carbocycles. The molecule has 0 radical (unpaired) electrons. The second kappa shape index (κ2) is 6.84. The lowest BCUT2D eigenvalue weighted by atomic mass is 10.1. The van der Waals surface area contributed by atoms with Crippen LogP contribution in [-0.4, -0.2) is 31.6 Å². The minimum Gasteiger partial charge on any atom is -0.336 e. The van der Waals surface area contributed by atoms with Crippen LogP contribution in [0.3, 0.4) is 0 Å². The van der Waals surface area contributed by atoms with E-state index >= 15 is 0 Å². The van der Waals surface area contributed by atoms with Gasteiger partial charge in [-0.1, -0.05) is 12.1 Å². The average Bonchev–Trinajstić information content (AvgIpc) is 2.94. The van der Waals surface area contributed by atoms with Crippen LogP contribution in [0.4, 0.5) is 0 Å². The molecule has 1 aromatic carbocycles. The van der Waals surface area contributed by atoms with Gasteiger partial charge in [0.15, 0.2) is 0 Å². The third kappa shape index (κ3) is 4.13. The maximum absolute atomic E-state index is 12.4. The molecule has 7 heteroatoms. The van der Waals surface area contributed by atoms with Gasteiger partial charge >= 0.3 is 0 Å². The summed E-state index contributed by atoms with van der Waals surface area (Å²) in [7, 11) is -1.67. The molecule has 1 aromatic heterocycles. The first-order chi connectivity index (χ1) is 10.0. The Morgan fingerprint density at radius 2 is 2.14 bits per heavy atom. The number of hydrogen-bond donors (Lipinski definition) is 2. The molecule has 2 aromatic rings. The fourth-order valence-corrected chi connectivity index (χ4v) is 3.37. The molecule has 6 nitrogen and oxygen atoms in total. The highest BCUT2D eigenvalue weighted by atomic mass is 32.2. The molecule has 2 N–H and O–H groups in total. The Hall–Kier alpha value is -1.70. The van der Waals surface area contributed by atoms with Crippen LogP contribution in [0.15, 0.2) is 41.8 Å². The number of nitrogens with one attached hydrogen (secondary N) is 2. The van der Waals surface area contributed by atoms with Gasteiger partial charge < -0.3 is 9.88 Å². The monoisotopic (exact) mass is 308 g/mol. The van der Waals surface area contributed by atoms with Crippen molar-refractivity contribution in [1.82, 2.24) is 19.6 Å². The molecule has 114 valence electrons. The summed E-state index contributed by atoms with van der Waals surface area (Å²) >= 11 is 0. The molecular weight excluding hydrogens is 288 g/mol. The van der Waals surface area contributed by atoms with E-state index in [4.69, 9.17) is 0 Å². The largest absolute Gasteiger partial charge is 0.336 e. The number of hydrogen-bond acceptors (Lipinski definition) is 4. The molecule has 2 rings (SSSR count). The molecule has 0 saturated carbocycles. The van der Waals surface area contributed by atoms with Gasteiger partial charge in [-0.05, 0) is 31.2 Å². The molecule has 0 saturated heterocycles. The number of imidazole rings is 1. The molecule has 0 aliphatic rings. The zero-order valence-corrected chi connectivity index (χ0v) is 13.0. The molecule has 0 unspecified atom stereocenters. The zero-order valence-electron chi connectivity index (χ0n) is 12.2. The van der Waals surface area contributed by atoms with Crippen LogP contribution in [0.5, 0.6) is 0 Å². The molecule has 0 aliphatic heterocycles. The fourth-order valence-electron chi connectivity index (χ4n) is 2.05. The molecule has 0 spiro atoms. The Morgan fingerprint density at radius 1 is 1.33 bits per heavy atom. The van der Waals surface area contributed by atoms with E-state index < -0.39 is 10.0 Å². The first-order valence-electron chi connectivity index (χ1n) is 6.72. The van der Waals surface area contributed by atoms with E-state index in [1.807, 2.05) is 23.7 Å². The van der Waals surface area contributed by atoms with Crippen molar-refractivity contribution in [2.45, 2.75) is 24.9 Å². The van der Waals surface area contributed by atoms with E-state index in [0.717, 1.165) is 11.1 Å². The Kier molecular flexibility index (Phi) is 5.11. The second-order valence-corrected chi connectivity index (χ2v) is 6.56. The van der Waals surface area contributed by atoms with Crippen LogP contribution in [-0.2, 0) is 23.1 Å². The van der Waals surface area contributed by atoms with Gasteiger partial charge in [-0.2, -0.15) is 0 Å². The third-order valence-electron chi connectivity index (χ3n) is 3.14. The van der Waals surface area contributed by atoms with Crippen molar-refractivity contribution >= 4 is 10.0 Å². The van der Waals surface area contributed by atoms with Crippen molar-refractivity contribution in [3.05, 3.63) is 48.0 Å². The van der Waals surface area contributed by atoms with Crippen LogP contribution in [0, 0.1) is 6.92 Å². The fraction of sp³-hybridized carbons (Fsp3) is 0.357. The van der Waals surface area contributed by atoms with Gasteiger partial charge in [0.2, 0.25) is 10.0 Å². The Bertz CT molecular complexity index is 681. The quantitative estimate of drug-likeness (QED) is 0.796. The Balaban J connectivity index is 2.09. The topological polar surface area (TPSA) is 76.0 Å². The summed E-state index contributed by atoms with van der Waals surface area (Å²) < 4.78 is 29.2. The van der Waals surface area contributed by atoms with Gasteiger partial charge in [-0.25, -0.2) is 18.1 Å². The summed E-state index contributed by atoms with van der Waals surface area (Å²) in [6.07, 6.45) is 5.13. The van der Waals surface area contributed by atoms with E-state index in [-0.39, 0.29) is 0 Å². The summed E-state index contributed by atoms with van der Waals surface area (Å²) in [5.74, 6) is 0. The molecule has 1 heterocycles. The van der Waals surface area contributed by atoms with E-state index in [2.05, 4.69) is 15.0 Å². The molecule has 0 fully saturated rings. The summed E-state index contributed by atoms with van der Waals surface area (Å²) in [5.41, 5.74) is 1.68. The molecule has 0 amide bonds. The van der Waals surface area contributed by atoms with Gasteiger partial charge in [0, 0.05) is 32.0 Å². The summed E-state index contributed by atoms with van der Waals surface area (Å²) in [5, 5.41) is 3.02. The highest BCUT2D eigenvalue weighted by Crippen LogP contribution is 2.16. The number of sulfonamides is 1. The van der Waals surface area contributed by atoms with E-state index in [1.165, 1.54) is 0 Å². The maximum Gasteiger partial charge on any atom is 0.240 e. The maximum atomic E-state index is 12.4. The van der Waals surface area contributed by atoms with Crippen molar-refractivity contribution in [3.8, 4) is 0 Å². The summed E-state index contributed by atoms with van der Waals surface area (Å²) in [6, 6.07) is 5.47. The van der Waals surface area contributed by atoms with Crippen LogP contribution in [0.1, 0.15) is 11.1 Å². The number of aromatic nitrogens is 2. The highest BCUT2D eigenvalue weighted by Gasteiger charge is 2.16. The lowest BCUT2D eigenvalue weighted by Gasteiger charge is -2.11. The molecular formula is C14H20N4O2S. The van der Waals surface area contributed by atoms with Crippen LogP contribution < -0.4 is 10.0 Å².